The van der Waals surface area contributed by atoms with Crippen molar-refractivity contribution >= 4 is 12.0 Å². The summed E-state index contributed by atoms with van der Waals surface area (Å²) < 4.78 is 0. The monoisotopic (exact) mass is 257 g/mol. The number of aromatic amines is 1. The van der Waals surface area contributed by atoms with Crippen LogP contribution in [-0.2, 0) is 6.42 Å². The lowest BCUT2D eigenvalue weighted by atomic mass is 10.1. The number of hydrogen-bond donors (Lipinski definition) is 2. The maximum atomic E-state index is 12.0. The zero-order chi connectivity index (χ0) is 13.4. The normalized spacial score (nSPS) is 14.3. The molecule has 0 fully saturated rings. The third-order valence-electron chi connectivity index (χ3n) is 3.18. The summed E-state index contributed by atoms with van der Waals surface area (Å²) in [7, 11) is 0. The predicted molar refractivity (Wildman–Crippen MR) is 66.8 cm³/mol. The number of carbonyl (C=O) groups excluding carboxylic acids is 1. The Labute approximate surface area is 108 Å². The molecule has 0 unspecified atom stereocenters. The van der Waals surface area contributed by atoms with Gasteiger partial charge in [-0.2, -0.15) is 0 Å². The summed E-state index contributed by atoms with van der Waals surface area (Å²) in [5, 5.41) is 8.94. The van der Waals surface area contributed by atoms with E-state index in [0.717, 1.165) is 21.9 Å². The fourth-order valence-electron chi connectivity index (χ4n) is 2.23. The SMILES string of the molecule is O=C(O)N1CCc2[nH]c(-c3ccncc3)cc2C1=O. The molecule has 0 aliphatic carbocycles. The molecular weight excluding hydrogens is 246 g/mol. The Morgan fingerprint density at radius 2 is 2.11 bits per heavy atom. The zero-order valence-corrected chi connectivity index (χ0v) is 9.96. The number of H-pyrrole nitrogens is 1. The lowest BCUT2D eigenvalue weighted by Crippen LogP contribution is -2.40. The van der Waals surface area contributed by atoms with Crippen molar-refractivity contribution in [2.45, 2.75) is 6.42 Å². The molecule has 6 heteroatoms. The second kappa shape index (κ2) is 4.24. The number of carboxylic acid groups (broad SMARTS) is 1. The standard InChI is InChI=1S/C13H11N3O3/c17-12-9-7-11(8-1-4-14-5-2-8)15-10(9)3-6-16(12)13(18)19/h1-2,4-5,7,15H,3,6H2,(H,18,19). The summed E-state index contributed by atoms with van der Waals surface area (Å²) in [6.45, 7) is 0.192. The third-order valence-corrected chi connectivity index (χ3v) is 3.18. The second-order valence-electron chi connectivity index (χ2n) is 4.30. The number of nitrogens with one attached hydrogen (secondary N) is 1. The van der Waals surface area contributed by atoms with Crippen LogP contribution in [0.5, 0.6) is 0 Å². The van der Waals surface area contributed by atoms with Crippen LogP contribution >= 0.6 is 0 Å². The Morgan fingerprint density at radius 3 is 2.79 bits per heavy atom. The summed E-state index contributed by atoms with van der Waals surface area (Å²) in [6, 6.07) is 5.36. The topological polar surface area (TPSA) is 86.3 Å². The average Bonchev–Trinajstić information content (AvgIpc) is 2.85. The predicted octanol–water partition coefficient (Wildman–Crippen LogP) is 1.75. The average molecular weight is 257 g/mol. The van der Waals surface area contributed by atoms with Crippen molar-refractivity contribution in [3.8, 4) is 11.3 Å². The Kier molecular flexibility index (Phi) is 2.56. The fraction of sp³-hybridized carbons (Fsp3) is 0.154. The van der Waals surface area contributed by atoms with Crippen LogP contribution < -0.4 is 0 Å². The van der Waals surface area contributed by atoms with E-state index in [1.54, 1.807) is 18.5 Å². The fourth-order valence-corrected chi connectivity index (χ4v) is 2.23. The number of pyridine rings is 1. The van der Waals surface area contributed by atoms with Crippen LogP contribution in [0, 0.1) is 0 Å². The van der Waals surface area contributed by atoms with Gasteiger partial charge < -0.3 is 10.1 Å². The first-order valence-corrected chi connectivity index (χ1v) is 5.84. The van der Waals surface area contributed by atoms with Gasteiger partial charge in [-0.15, -0.1) is 0 Å². The number of rotatable bonds is 1. The molecule has 1 aliphatic heterocycles. The highest BCUT2D eigenvalue weighted by atomic mass is 16.4. The maximum Gasteiger partial charge on any atom is 0.414 e. The van der Waals surface area contributed by atoms with Crippen LogP contribution in [0.4, 0.5) is 4.79 Å². The number of amides is 2. The van der Waals surface area contributed by atoms with Gasteiger partial charge in [0.1, 0.15) is 0 Å². The van der Waals surface area contributed by atoms with Gasteiger partial charge in [-0.3, -0.25) is 9.78 Å². The highest BCUT2D eigenvalue weighted by Crippen LogP contribution is 2.25. The van der Waals surface area contributed by atoms with E-state index in [-0.39, 0.29) is 6.54 Å². The van der Waals surface area contributed by atoms with E-state index in [2.05, 4.69) is 9.97 Å². The summed E-state index contributed by atoms with van der Waals surface area (Å²) in [5.41, 5.74) is 2.93. The van der Waals surface area contributed by atoms with Gasteiger partial charge >= 0.3 is 6.09 Å². The molecule has 0 spiro atoms. The lowest BCUT2D eigenvalue weighted by molar-refractivity contribution is 0.0727. The molecule has 96 valence electrons. The smallest absolute Gasteiger partial charge is 0.414 e. The molecule has 2 N–H and O–H groups in total. The Hall–Kier alpha value is -2.63. The summed E-state index contributed by atoms with van der Waals surface area (Å²) >= 11 is 0. The molecule has 3 heterocycles. The van der Waals surface area contributed by atoms with Gasteiger partial charge in [0.2, 0.25) is 0 Å². The van der Waals surface area contributed by atoms with E-state index < -0.39 is 12.0 Å². The number of fused-ring (bicyclic) bond motifs is 1. The molecule has 2 amide bonds. The van der Waals surface area contributed by atoms with Gasteiger partial charge in [0.25, 0.3) is 5.91 Å². The Bertz CT molecular complexity index is 648. The van der Waals surface area contributed by atoms with E-state index in [4.69, 9.17) is 5.11 Å². The Balaban J connectivity index is 2.01. The molecular formula is C13H11N3O3. The third kappa shape index (κ3) is 1.87. The molecule has 0 saturated heterocycles. The number of hydrogen-bond acceptors (Lipinski definition) is 3. The maximum absolute atomic E-state index is 12.0. The van der Waals surface area contributed by atoms with E-state index >= 15 is 0 Å². The van der Waals surface area contributed by atoms with E-state index in [9.17, 15) is 9.59 Å². The second-order valence-corrected chi connectivity index (χ2v) is 4.30. The zero-order valence-electron chi connectivity index (χ0n) is 9.96. The van der Waals surface area contributed by atoms with Gasteiger partial charge in [-0.05, 0) is 18.2 Å². The van der Waals surface area contributed by atoms with Gasteiger partial charge in [0.05, 0.1) is 5.56 Å². The summed E-state index contributed by atoms with van der Waals surface area (Å²) in [6.07, 6.45) is 2.64. The Morgan fingerprint density at radius 1 is 1.37 bits per heavy atom. The molecule has 1 aliphatic rings. The van der Waals surface area contributed by atoms with Gasteiger partial charge in [-0.25, -0.2) is 9.69 Å². The van der Waals surface area contributed by atoms with Crippen LogP contribution in [-0.4, -0.2) is 38.5 Å². The highest BCUT2D eigenvalue weighted by molar-refractivity contribution is 6.05. The minimum atomic E-state index is -1.21. The molecule has 0 atom stereocenters. The quantitative estimate of drug-likeness (QED) is 0.814. The van der Waals surface area contributed by atoms with Crippen molar-refractivity contribution in [1.82, 2.24) is 14.9 Å². The molecule has 19 heavy (non-hydrogen) atoms. The molecule has 3 rings (SSSR count). The molecule has 6 nitrogen and oxygen atoms in total. The molecule has 0 saturated carbocycles. The minimum Gasteiger partial charge on any atom is -0.465 e. The van der Waals surface area contributed by atoms with Crippen LogP contribution in [0.15, 0.2) is 30.6 Å². The first-order chi connectivity index (χ1) is 9.16. The minimum absolute atomic E-state index is 0.192. The molecule has 2 aromatic heterocycles. The first-order valence-electron chi connectivity index (χ1n) is 5.84. The van der Waals surface area contributed by atoms with Crippen LogP contribution in [0.1, 0.15) is 16.1 Å². The van der Waals surface area contributed by atoms with Crippen LogP contribution in [0.3, 0.4) is 0 Å². The van der Waals surface area contributed by atoms with Gasteiger partial charge in [-0.1, -0.05) is 0 Å². The van der Waals surface area contributed by atoms with Crippen molar-refractivity contribution < 1.29 is 14.7 Å². The van der Waals surface area contributed by atoms with Crippen molar-refractivity contribution in [2.75, 3.05) is 6.54 Å². The number of imide groups is 1. The molecule has 0 aromatic carbocycles. The summed E-state index contributed by atoms with van der Waals surface area (Å²) in [5.74, 6) is -0.467. The van der Waals surface area contributed by atoms with E-state index in [1.165, 1.54) is 0 Å². The van der Waals surface area contributed by atoms with Crippen LogP contribution in [0.25, 0.3) is 11.3 Å². The molecule has 0 radical (unpaired) electrons. The van der Waals surface area contributed by atoms with Crippen molar-refractivity contribution in [1.29, 1.82) is 0 Å². The number of carbonyl (C=O) groups is 2. The largest absolute Gasteiger partial charge is 0.465 e. The summed E-state index contributed by atoms with van der Waals surface area (Å²) in [4.78, 5) is 30.9. The van der Waals surface area contributed by atoms with E-state index in [0.29, 0.717) is 12.0 Å². The molecule has 2 aromatic rings. The highest BCUT2D eigenvalue weighted by Gasteiger charge is 2.30. The van der Waals surface area contributed by atoms with Crippen molar-refractivity contribution in [3.63, 3.8) is 0 Å². The first kappa shape index (κ1) is 11.5. The molecule has 0 bridgehead atoms. The number of nitrogens with zero attached hydrogens (tertiary/aromatic N) is 2. The van der Waals surface area contributed by atoms with Gasteiger partial charge in [0.15, 0.2) is 0 Å². The van der Waals surface area contributed by atoms with Gasteiger partial charge in [0, 0.05) is 42.3 Å². The van der Waals surface area contributed by atoms with Crippen LogP contribution in [0.2, 0.25) is 0 Å². The number of aromatic nitrogens is 2. The lowest BCUT2D eigenvalue weighted by Gasteiger charge is -2.21. The van der Waals surface area contributed by atoms with Crippen molar-refractivity contribution in [3.05, 3.63) is 41.9 Å². The van der Waals surface area contributed by atoms with E-state index in [1.807, 2.05) is 12.1 Å². The van der Waals surface area contributed by atoms with Crippen molar-refractivity contribution in [2.24, 2.45) is 0 Å².